The zero-order valence-corrected chi connectivity index (χ0v) is 28.0. The molecule has 0 bridgehead atoms. The van der Waals surface area contributed by atoms with Crippen LogP contribution in [0, 0.1) is 0 Å². The molecule has 0 saturated heterocycles. The molecule has 11 rings (SSSR count). The van der Waals surface area contributed by atoms with Gasteiger partial charge in [-0.05, 0) is 84.6 Å². The monoisotopic (exact) mass is 654 g/mol. The average Bonchev–Trinajstić information content (AvgIpc) is 3.74. The Bertz CT molecular complexity index is 3070. The van der Waals surface area contributed by atoms with Gasteiger partial charge in [0.1, 0.15) is 11.2 Å². The van der Waals surface area contributed by atoms with Crippen LogP contribution in [0.1, 0.15) is 17.9 Å². The lowest BCUT2D eigenvalue weighted by Gasteiger charge is -2.19. The van der Waals surface area contributed by atoms with Gasteiger partial charge in [0.25, 0.3) is 0 Å². The maximum Gasteiger partial charge on any atom is 0.136 e. The van der Waals surface area contributed by atoms with Crippen molar-refractivity contribution in [2.24, 2.45) is 0 Å². The van der Waals surface area contributed by atoms with Crippen LogP contribution in [0.25, 0.3) is 98.7 Å². The van der Waals surface area contributed by atoms with Gasteiger partial charge < -0.3 is 4.42 Å². The number of hydrogen-bond acceptors (Lipinski definition) is 2. The Morgan fingerprint density at radius 2 is 1.14 bits per heavy atom. The highest BCUT2D eigenvalue weighted by atomic mass is 32.1. The van der Waals surface area contributed by atoms with Gasteiger partial charge in [0.05, 0.1) is 0 Å². The third-order valence-electron chi connectivity index (χ3n) is 10.8. The van der Waals surface area contributed by atoms with Gasteiger partial charge in [0.2, 0.25) is 0 Å². The molecular formula is C48H30OS. The summed E-state index contributed by atoms with van der Waals surface area (Å²) in [7, 11) is 0. The van der Waals surface area contributed by atoms with Crippen LogP contribution in [0.2, 0.25) is 0 Å². The van der Waals surface area contributed by atoms with Crippen molar-refractivity contribution in [1.82, 2.24) is 0 Å². The first-order chi connectivity index (χ1) is 24.8. The van der Waals surface area contributed by atoms with Crippen LogP contribution >= 0.6 is 11.3 Å². The highest BCUT2D eigenvalue weighted by Crippen LogP contribution is 2.44. The molecule has 2 heteroatoms. The van der Waals surface area contributed by atoms with E-state index in [1.165, 1.54) is 90.7 Å². The fourth-order valence-electron chi connectivity index (χ4n) is 8.48. The lowest BCUT2D eigenvalue weighted by Crippen LogP contribution is -2.23. The van der Waals surface area contributed by atoms with Crippen LogP contribution in [-0.4, -0.2) is 0 Å². The second-order valence-electron chi connectivity index (χ2n) is 13.5. The molecule has 1 aliphatic carbocycles. The second kappa shape index (κ2) is 10.8. The van der Waals surface area contributed by atoms with Crippen LogP contribution in [0.4, 0.5) is 0 Å². The Labute approximate surface area is 292 Å². The minimum absolute atomic E-state index is 0.301. The minimum Gasteiger partial charge on any atom is -0.456 e. The van der Waals surface area contributed by atoms with Crippen LogP contribution < -0.4 is 9.75 Å². The number of rotatable bonds is 3. The second-order valence-corrected chi connectivity index (χ2v) is 14.6. The van der Waals surface area contributed by atoms with E-state index in [1.54, 1.807) is 0 Å². The summed E-state index contributed by atoms with van der Waals surface area (Å²) in [6.07, 6.45) is 5.97. The molecule has 1 unspecified atom stereocenters. The van der Waals surface area contributed by atoms with Crippen molar-refractivity contribution in [3.05, 3.63) is 167 Å². The van der Waals surface area contributed by atoms with Crippen molar-refractivity contribution in [3.63, 3.8) is 0 Å². The summed E-state index contributed by atoms with van der Waals surface area (Å²) in [4.78, 5) is 0. The van der Waals surface area contributed by atoms with Crippen molar-refractivity contribution in [2.75, 3.05) is 0 Å². The molecule has 2 heterocycles. The highest BCUT2D eigenvalue weighted by molar-refractivity contribution is 7.18. The molecule has 1 aliphatic rings. The third-order valence-corrected chi connectivity index (χ3v) is 12.0. The lowest BCUT2D eigenvalue weighted by molar-refractivity contribution is 0.669. The maximum absolute atomic E-state index is 6.31. The topological polar surface area (TPSA) is 13.1 Å². The molecule has 0 fully saturated rings. The summed E-state index contributed by atoms with van der Waals surface area (Å²) in [5.74, 6) is 0.301. The molecule has 2 aromatic heterocycles. The molecule has 1 atom stereocenters. The van der Waals surface area contributed by atoms with E-state index in [1.807, 2.05) is 17.4 Å². The number of furan rings is 1. The van der Waals surface area contributed by atoms with Crippen LogP contribution in [0.5, 0.6) is 0 Å². The first-order valence-electron chi connectivity index (χ1n) is 17.4. The molecule has 0 amide bonds. The zero-order valence-electron chi connectivity index (χ0n) is 27.2. The van der Waals surface area contributed by atoms with Crippen molar-refractivity contribution >= 4 is 87.8 Å². The van der Waals surface area contributed by atoms with E-state index in [2.05, 4.69) is 158 Å². The summed E-state index contributed by atoms with van der Waals surface area (Å²) in [6.45, 7) is 0. The normalized spacial score (nSPS) is 14.4. The summed E-state index contributed by atoms with van der Waals surface area (Å²) in [5.41, 5.74) is 8.39. The van der Waals surface area contributed by atoms with E-state index in [9.17, 15) is 0 Å². The molecular weight excluding hydrogens is 625 g/mol. The third kappa shape index (κ3) is 4.12. The fraction of sp³-hybridized carbons (Fsp3) is 0.0417. The zero-order chi connectivity index (χ0) is 32.8. The molecule has 8 aromatic carbocycles. The number of fused-ring (bicyclic) bond motifs is 10. The molecule has 1 nitrogen and oxygen atoms in total. The lowest BCUT2D eigenvalue weighted by atomic mass is 9.84. The van der Waals surface area contributed by atoms with E-state index in [0.29, 0.717) is 5.92 Å². The van der Waals surface area contributed by atoms with Gasteiger partial charge in [-0.2, -0.15) is 0 Å². The van der Waals surface area contributed by atoms with E-state index < -0.39 is 0 Å². The largest absolute Gasteiger partial charge is 0.456 e. The number of hydrogen-bond donors (Lipinski definition) is 0. The average molecular weight is 655 g/mol. The number of benzene rings is 8. The van der Waals surface area contributed by atoms with Gasteiger partial charge in [0, 0.05) is 36.7 Å². The van der Waals surface area contributed by atoms with Gasteiger partial charge in [-0.1, -0.05) is 146 Å². The molecule has 0 radical (unpaired) electrons. The predicted molar refractivity (Wildman–Crippen MR) is 214 cm³/mol. The molecule has 0 spiro atoms. The van der Waals surface area contributed by atoms with Crippen molar-refractivity contribution in [1.29, 1.82) is 0 Å². The molecule has 0 aliphatic heterocycles. The quantitative estimate of drug-likeness (QED) is 0.173. The van der Waals surface area contributed by atoms with Gasteiger partial charge in [-0.25, -0.2) is 0 Å². The van der Waals surface area contributed by atoms with Gasteiger partial charge in [-0.15, -0.1) is 11.3 Å². The molecule has 0 saturated carbocycles. The fourth-order valence-corrected chi connectivity index (χ4v) is 9.74. The number of thiophene rings is 1. The van der Waals surface area contributed by atoms with Crippen molar-refractivity contribution in [3.8, 4) is 22.3 Å². The summed E-state index contributed by atoms with van der Waals surface area (Å²) in [6, 6.07) is 55.5. The van der Waals surface area contributed by atoms with Gasteiger partial charge in [-0.3, -0.25) is 0 Å². The Kier molecular flexibility index (Phi) is 6.02. The Hall–Kier alpha value is -5.96. The van der Waals surface area contributed by atoms with E-state index in [4.69, 9.17) is 4.42 Å². The summed E-state index contributed by atoms with van der Waals surface area (Å²) in [5, 5.41) is 12.7. The Balaban J connectivity index is 1.07. The van der Waals surface area contributed by atoms with Crippen molar-refractivity contribution in [2.45, 2.75) is 12.3 Å². The molecule has 234 valence electrons. The van der Waals surface area contributed by atoms with E-state index >= 15 is 0 Å². The molecule has 0 N–H and O–H groups in total. The smallest absolute Gasteiger partial charge is 0.136 e. The van der Waals surface area contributed by atoms with Crippen LogP contribution in [0.15, 0.2) is 156 Å². The first-order valence-corrected chi connectivity index (χ1v) is 18.2. The van der Waals surface area contributed by atoms with E-state index in [-0.39, 0.29) is 0 Å². The van der Waals surface area contributed by atoms with Gasteiger partial charge >= 0.3 is 0 Å². The minimum atomic E-state index is 0.301. The van der Waals surface area contributed by atoms with Crippen LogP contribution in [0.3, 0.4) is 0 Å². The molecule has 10 aromatic rings. The summed E-state index contributed by atoms with van der Waals surface area (Å²) < 4.78 is 9.02. The predicted octanol–water partition coefficient (Wildman–Crippen LogP) is 12.3. The molecule has 50 heavy (non-hydrogen) atoms. The Morgan fingerprint density at radius 1 is 0.480 bits per heavy atom. The maximum atomic E-state index is 6.31. The standard InChI is InChI=1S/C48H30OS/c1-2-11-29(12-3-1)46-35-16-4-6-18-37(35)47(38-19-7-5-17-36(38)46)33-14-10-13-30(25-33)31-22-24-45-42(26-31)39-23-21-32-27-41-34-15-8-9-20-43(34)49-44(41)28-40(32)48(39)50-45/h1-21,23-28,31H,22H2. The van der Waals surface area contributed by atoms with Gasteiger partial charge in [0.15, 0.2) is 0 Å². The summed E-state index contributed by atoms with van der Waals surface area (Å²) >= 11 is 1.92. The Morgan fingerprint density at radius 3 is 1.90 bits per heavy atom. The van der Waals surface area contributed by atoms with Crippen molar-refractivity contribution < 1.29 is 4.42 Å². The number of para-hydroxylation sites is 1. The first kappa shape index (κ1) is 27.9. The van der Waals surface area contributed by atoms with Crippen LogP contribution in [-0.2, 0) is 0 Å². The van der Waals surface area contributed by atoms with E-state index in [0.717, 1.165) is 17.6 Å². The highest BCUT2D eigenvalue weighted by Gasteiger charge is 2.19. The SMILES string of the molecule is C1=c2sc3c(ccc4cc5c(cc43)oc3ccccc35)c2=CC(c2cccc(-c3c4ccccc4c(-c4ccccc4)c4ccccc34)c2)C1.